The van der Waals surface area contributed by atoms with Crippen LogP contribution >= 0.6 is 0 Å². The lowest BCUT2D eigenvalue weighted by molar-refractivity contribution is -0.387. The highest BCUT2D eigenvalue weighted by Crippen LogP contribution is 2.30. The number of nitro groups is 1. The molecule has 0 saturated heterocycles. The van der Waals surface area contributed by atoms with Crippen molar-refractivity contribution in [3.63, 3.8) is 0 Å². The smallest absolute Gasteiger partial charge is 0.308 e. The fourth-order valence-electron chi connectivity index (χ4n) is 1.39. The molecule has 0 bridgehead atoms. The summed E-state index contributed by atoms with van der Waals surface area (Å²) in [5.41, 5.74) is 3.99. The molecule has 0 aliphatic rings. The molecule has 2 rings (SSSR count). The van der Waals surface area contributed by atoms with Crippen LogP contribution in [0.5, 0.6) is 0 Å². The normalized spacial score (nSPS) is 12.4. The molecular formula is C10H8F2N4O3. The van der Waals surface area contributed by atoms with Crippen LogP contribution in [-0.4, -0.2) is 15.1 Å². The number of hydrogen-bond donors (Lipinski definition) is 1. The predicted octanol–water partition coefficient (Wildman–Crippen LogP) is 1.94. The Kier molecular flexibility index (Phi) is 3.21. The lowest BCUT2D eigenvalue weighted by Crippen LogP contribution is -2.04. The van der Waals surface area contributed by atoms with Gasteiger partial charge in [-0.3, -0.25) is 10.1 Å². The molecule has 0 amide bonds. The highest BCUT2D eigenvalue weighted by Gasteiger charge is 2.24. The van der Waals surface area contributed by atoms with E-state index in [1.165, 1.54) is 0 Å². The van der Waals surface area contributed by atoms with Gasteiger partial charge in [0.2, 0.25) is 11.7 Å². The standard InChI is InChI=1S/C10H8F2N4O3/c1-4(13)9-14-15-10(19-9)6-2-5(11)3-7(8(6)12)16(17)18/h2-4H,13H2,1H3. The minimum atomic E-state index is -1.24. The van der Waals surface area contributed by atoms with Crippen molar-refractivity contribution in [2.75, 3.05) is 0 Å². The number of hydrogen-bond acceptors (Lipinski definition) is 6. The van der Waals surface area contributed by atoms with Crippen molar-refractivity contribution < 1.29 is 18.1 Å². The van der Waals surface area contributed by atoms with E-state index in [4.69, 9.17) is 10.2 Å². The van der Waals surface area contributed by atoms with E-state index >= 15 is 0 Å². The van der Waals surface area contributed by atoms with Gasteiger partial charge in [0.1, 0.15) is 5.82 Å². The van der Waals surface area contributed by atoms with Gasteiger partial charge in [-0.15, -0.1) is 10.2 Å². The maximum atomic E-state index is 13.8. The first kappa shape index (κ1) is 13.0. The molecule has 0 spiro atoms. The van der Waals surface area contributed by atoms with Crippen molar-refractivity contribution in [2.45, 2.75) is 13.0 Å². The third-order valence-corrected chi connectivity index (χ3v) is 2.28. The van der Waals surface area contributed by atoms with Gasteiger partial charge in [-0.05, 0) is 13.0 Å². The van der Waals surface area contributed by atoms with Crippen LogP contribution in [0, 0.1) is 21.7 Å². The van der Waals surface area contributed by atoms with Gasteiger partial charge in [0.25, 0.3) is 5.89 Å². The number of aromatic nitrogens is 2. The van der Waals surface area contributed by atoms with Crippen LogP contribution in [0.15, 0.2) is 16.5 Å². The third-order valence-electron chi connectivity index (χ3n) is 2.28. The molecular weight excluding hydrogens is 262 g/mol. The Balaban J connectivity index is 2.58. The van der Waals surface area contributed by atoms with E-state index in [1.807, 2.05) is 0 Å². The van der Waals surface area contributed by atoms with Crippen LogP contribution in [-0.2, 0) is 0 Å². The van der Waals surface area contributed by atoms with Crippen LogP contribution in [0.25, 0.3) is 11.5 Å². The molecule has 0 aliphatic carbocycles. The summed E-state index contributed by atoms with van der Waals surface area (Å²) in [7, 11) is 0. The van der Waals surface area contributed by atoms with Crippen molar-refractivity contribution in [2.24, 2.45) is 5.73 Å². The Bertz CT molecular complexity index is 642. The number of nitro benzene ring substituents is 1. The highest BCUT2D eigenvalue weighted by molar-refractivity contribution is 5.59. The van der Waals surface area contributed by atoms with Gasteiger partial charge in [-0.25, -0.2) is 4.39 Å². The van der Waals surface area contributed by atoms with Gasteiger partial charge in [0.05, 0.1) is 22.6 Å². The van der Waals surface area contributed by atoms with E-state index in [2.05, 4.69) is 10.2 Å². The van der Waals surface area contributed by atoms with Gasteiger partial charge in [-0.1, -0.05) is 0 Å². The molecule has 1 aromatic heterocycles. The number of nitrogens with two attached hydrogens (primary N) is 1. The molecule has 1 heterocycles. The van der Waals surface area contributed by atoms with Gasteiger partial charge < -0.3 is 10.2 Å². The quantitative estimate of drug-likeness (QED) is 0.674. The minimum absolute atomic E-state index is 0.0151. The molecule has 2 aromatic rings. The molecule has 2 N–H and O–H groups in total. The average molecular weight is 270 g/mol. The zero-order chi connectivity index (χ0) is 14.2. The molecule has 0 radical (unpaired) electrons. The zero-order valence-electron chi connectivity index (χ0n) is 9.63. The van der Waals surface area contributed by atoms with Gasteiger partial charge >= 0.3 is 5.69 Å². The van der Waals surface area contributed by atoms with Crippen molar-refractivity contribution in [3.8, 4) is 11.5 Å². The molecule has 0 aliphatic heterocycles. The summed E-state index contributed by atoms with van der Waals surface area (Å²) in [5, 5.41) is 17.6. The number of rotatable bonds is 3. The Labute approximate surface area is 105 Å². The second kappa shape index (κ2) is 4.69. The predicted molar refractivity (Wildman–Crippen MR) is 58.9 cm³/mol. The van der Waals surface area contributed by atoms with E-state index in [0.717, 1.165) is 6.07 Å². The van der Waals surface area contributed by atoms with Gasteiger partial charge in [-0.2, -0.15) is 4.39 Å². The molecule has 1 aromatic carbocycles. The van der Waals surface area contributed by atoms with E-state index in [1.54, 1.807) is 6.92 Å². The molecule has 0 fully saturated rings. The summed E-state index contributed by atoms with van der Waals surface area (Å²) in [6.07, 6.45) is 0. The first-order valence-corrected chi connectivity index (χ1v) is 5.13. The first-order valence-electron chi connectivity index (χ1n) is 5.13. The van der Waals surface area contributed by atoms with E-state index < -0.39 is 33.9 Å². The van der Waals surface area contributed by atoms with E-state index in [0.29, 0.717) is 6.07 Å². The van der Waals surface area contributed by atoms with Crippen LogP contribution < -0.4 is 5.73 Å². The molecule has 7 nitrogen and oxygen atoms in total. The molecule has 19 heavy (non-hydrogen) atoms. The highest BCUT2D eigenvalue weighted by atomic mass is 19.1. The van der Waals surface area contributed by atoms with Crippen LogP contribution in [0.2, 0.25) is 0 Å². The second-order valence-electron chi connectivity index (χ2n) is 3.78. The Morgan fingerprint density at radius 3 is 2.63 bits per heavy atom. The zero-order valence-corrected chi connectivity index (χ0v) is 9.63. The molecule has 9 heteroatoms. The second-order valence-corrected chi connectivity index (χ2v) is 3.78. The monoisotopic (exact) mass is 270 g/mol. The summed E-state index contributed by atoms with van der Waals surface area (Å²) in [6.45, 7) is 1.56. The number of nitrogens with zero attached hydrogens (tertiary/aromatic N) is 3. The van der Waals surface area contributed by atoms with Crippen LogP contribution in [0.4, 0.5) is 14.5 Å². The Morgan fingerprint density at radius 1 is 1.42 bits per heavy atom. The fraction of sp³-hybridized carbons (Fsp3) is 0.200. The summed E-state index contributed by atoms with van der Waals surface area (Å²) >= 11 is 0. The van der Waals surface area contributed by atoms with Crippen molar-refractivity contribution in [3.05, 3.63) is 39.8 Å². The molecule has 1 atom stereocenters. The molecule has 0 saturated carbocycles. The van der Waals surface area contributed by atoms with E-state index in [9.17, 15) is 18.9 Å². The van der Waals surface area contributed by atoms with E-state index in [-0.39, 0.29) is 11.8 Å². The maximum absolute atomic E-state index is 13.8. The fourth-order valence-corrected chi connectivity index (χ4v) is 1.39. The topological polar surface area (TPSA) is 108 Å². The first-order chi connectivity index (χ1) is 8.90. The largest absolute Gasteiger partial charge is 0.419 e. The Hall–Kier alpha value is -2.42. The number of halogens is 2. The van der Waals surface area contributed by atoms with Crippen molar-refractivity contribution >= 4 is 5.69 Å². The summed E-state index contributed by atoms with van der Waals surface area (Å²) < 4.78 is 32.1. The minimum Gasteiger partial charge on any atom is -0.419 e. The maximum Gasteiger partial charge on any atom is 0.308 e. The SMILES string of the molecule is CC(N)c1nnc(-c2cc(F)cc([N+](=O)[O-])c2F)o1. The third kappa shape index (κ3) is 2.40. The average Bonchev–Trinajstić information content (AvgIpc) is 2.80. The van der Waals surface area contributed by atoms with Gasteiger partial charge in [0, 0.05) is 0 Å². The lowest BCUT2D eigenvalue weighted by Gasteiger charge is -2.00. The Morgan fingerprint density at radius 2 is 2.11 bits per heavy atom. The summed E-state index contributed by atoms with van der Waals surface area (Å²) in [6, 6.07) is 0.621. The van der Waals surface area contributed by atoms with Crippen molar-refractivity contribution in [1.82, 2.24) is 10.2 Å². The van der Waals surface area contributed by atoms with Gasteiger partial charge in [0.15, 0.2) is 0 Å². The number of benzene rings is 1. The van der Waals surface area contributed by atoms with Crippen LogP contribution in [0.3, 0.4) is 0 Å². The molecule has 100 valence electrons. The summed E-state index contributed by atoms with van der Waals surface area (Å²) in [5.74, 6) is -2.58. The van der Waals surface area contributed by atoms with Crippen molar-refractivity contribution in [1.29, 1.82) is 0 Å². The lowest BCUT2D eigenvalue weighted by atomic mass is 10.2. The summed E-state index contributed by atoms with van der Waals surface area (Å²) in [4.78, 5) is 9.55. The molecule has 1 unspecified atom stereocenters. The van der Waals surface area contributed by atoms with Crippen LogP contribution in [0.1, 0.15) is 18.9 Å².